The third-order valence-corrected chi connectivity index (χ3v) is 3.61. The number of esters is 1. The Morgan fingerprint density at radius 1 is 1.19 bits per heavy atom. The maximum absolute atomic E-state index is 12.2. The first-order valence-corrected chi connectivity index (χ1v) is 6.98. The summed E-state index contributed by atoms with van der Waals surface area (Å²) >= 11 is 17.8. The molecule has 0 saturated carbocycles. The van der Waals surface area contributed by atoms with Gasteiger partial charge in [0.05, 0.1) is 18.7 Å². The Kier molecular flexibility index (Phi) is 4.93. The monoisotopic (exact) mass is 345 g/mol. The molecule has 0 bridgehead atoms. The van der Waals surface area contributed by atoms with Crippen LogP contribution in [0.3, 0.4) is 0 Å². The summed E-state index contributed by atoms with van der Waals surface area (Å²) in [6, 6.07) is 6.22. The highest BCUT2D eigenvalue weighted by atomic mass is 35.5. The smallest absolute Gasteiger partial charge is 0.343 e. The Labute approximate surface area is 135 Å². The van der Waals surface area contributed by atoms with Crippen molar-refractivity contribution in [3.8, 4) is 0 Å². The van der Waals surface area contributed by atoms with Gasteiger partial charge in [-0.3, -0.25) is 4.79 Å². The van der Waals surface area contributed by atoms with E-state index in [-0.39, 0.29) is 17.1 Å². The molecule has 0 fully saturated rings. The summed E-state index contributed by atoms with van der Waals surface area (Å²) in [5.74, 6) is -0.738. The first-order valence-electron chi connectivity index (χ1n) is 5.84. The zero-order valence-corrected chi connectivity index (χ0v) is 13.2. The SMILES string of the molecule is COC(=O)c1cc(Cl)cn(Cc2ccc(Cl)cc2Cl)c1=O. The molecule has 21 heavy (non-hydrogen) atoms. The number of rotatable bonds is 3. The second-order valence-corrected chi connectivity index (χ2v) is 5.51. The van der Waals surface area contributed by atoms with Gasteiger partial charge in [0.2, 0.25) is 0 Å². The Morgan fingerprint density at radius 2 is 1.90 bits per heavy atom. The van der Waals surface area contributed by atoms with Gasteiger partial charge in [0.15, 0.2) is 0 Å². The second kappa shape index (κ2) is 6.52. The first-order chi connectivity index (χ1) is 9.92. The van der Waals surface area contributed by atoms with Gasteiger partial charge >= 0.3 is 5.97 Å². The minimum absolute atomic E-state index is 0.130. The number of pyridine rings is 1. The standard InChI is InChI=1S/C14H10Cl3NO3/c1-21-14(20)11-4-10(16)7-18(13(11)19)6-8-2-3-9(15)5-12(8)17/h2-5,7H,6H2,1H3. The van der Waals surface area contributed by atoms with Crippen molar-refractivity contribution in [2.45, 2.75) is 6.54 Å². The van der Waals surface area contributed by atoms with Crippen molar-refractivity contribution in [2.75, 3.05) is 7.11 Å². The van der Waals surface area contributed by atoms with Crippen LogP contribution in [-0.4, -0.2) is 17.6 Å². The van der Waals surface area contributed by atoms with Crippen molar-refractivity contribution in [2.24, 2.45) is 0 Å². The fourth-order valence-corrected chi connectivity index (χ4v) is 2.50. The maximum atomic E-state index is 12.2. The van der Waals surface area contributed by atoms with Crippen LogP contribution in [0.15, 0.2) is 35.3 Å². The normalized spacial score (nSPS) is 10.5. The summed E-state index contributed by atoms with van der Waals surface area (Å²) in [5, 5.41) is 1.17. The lowest BCUT2D eigenvalue weighted by atomic mass is 10.2. The number of hydrogen-bond donors (Lipinski definition) is 0. The molecule has 2 rings (SSSR count). The minimum atomic E-state index is -0.738. The number of carbonyl (C=O) groups is 1. The number of nitrogens with zero attached hydrogens (tertiary/aromatic N) is 1. The van der Waals surface area contributed by atoms with Crippen LogP contribution < -0.4 is 5.56 Å². The first kappa shape index (κ1) is 15.9. The highest BCUT2D eigenvalue weighted by Crippen LogP contribution is 2.22. The number of benzene rings is 1. The van der Waals surface area contributed by atoms with Gasteiger partial charge in [-0.1, -0.05) is 40.9 Å². The fraction of sp³-hybridized carbons (Fsp3) is 0.143. The molecule has 110 valence electrons. The van der Waals surface area contributed by atoms with Crippen molar-refractivity contribution >= 4 is 40.8 Å². The fourth-order valence-electron chi connectivity index (χ4n) is 1.81. The Morgan fingerprint density at radius 3 is 2.52 bits per heavy atom. The van der Waals surface area contributed by atoms with E-state index in [2.05, 4.69) is 4.74 Å². The van der Waals surface area contributed by atoms with Crippen LogP contribution in [0.25, 0.3) is 0 Å². The van der Waals surface area contributed by atoms with E-state index in [9.17, 15) is 9.59 Å². The van der Waals surface area contributed by atoms with Gasteiger partial charge in [0.25, 0.3) is 5.56 Å². The number of hydrogen-bond acceptors (Lipinski definition) is 3. The average Bonchev–Trinajstić information content (AvgIpc) is 2.44. The van der Waals surface area contributed by atoms with Crippen LogP contribution in [0.4, 0.5) is 0 Å². The number of halogens is 3. The van der Waals surface area contributed by atoms with Crippen molar-refractivity contribution in [1.29, 1.82) is 0 Å². The molecule has 4 nitrogen and oxygen atoms in total. The van der Waals surface area contributed by atoms with Crippen LogP contribution in [0.1, 0.15) is 15.9 Å². The van der Waals surface area contributed by atoms with Crippen molar-refractivity contribution in [3.05, 3.63) is 67.0 Å². The lowest BCUT2D eigenvalue weighted by Gasteiger charge is -2.10. The third-order valence-electron chi connectivity index (χ3n) is 2.81. The van der Waals surface area contributed by atoms with Gasteiger partial charge in [-0.05, 0) is 23.8 Å². The third kappa shape index (κ3) is 3.59. The molecule has 1 aromatic carbocycles. The van der Waals surface area contributed by atoms with Gasteiger partial charge in [-0.15, -0.1) is 0 Å². The van der Waals surface area contributed by atoms with E-state index in [1.165, 1.54) is 23.9 Å². The molecule has 0 aliphatic rings. The van der Waals surface area contributed by atoms with E-state index >= 15 is 0 Å². The number of carbonyl (C=O) groups excluding carboxylic acids is 1. The molecule has 1 aromatic heterocycles. The second-order valence-electron chi connectivity index (χ2n) is 4.23. The van der Waals surface area contributed by atoms with E-state index in [0.717, 1.165) is 0 Å². The molecule has 0 aliphatic heterocycles. The molecule has 0 radical (unpaired) electrons. The topological polar surface area (TPSA) is 48.3 Å². The number of methoxy groups -OCH3 is 1. The lowest BCUT2D eigenvalue weighted by molar-refractivity contribution is 0.0598. The van der Waals surface area contributed by atoms with Crippen molar-refractivity contribution < 1.29 is 9.53 Å². The van der Waals surface area contributed by atoms with Gasteiger partial charge in [0, 0.05) is 16.2 Å². The van der Waals surface area contributed by atoms with Crippen LogP contribution in [0, 0.1) is 0 Å². The summed E-state index contributed by atoms with van der Waals surface area (Å²) in [6.07, 6.45) is 1.43. The van der Waals surface area contributed by atoms with Gasteiger partial charge in [0.1, 0.15) is 5.56 Å². The predicted octanol–water partition coefficient (Wildman–Crippen LogP) is 3.64. The van der Waals surface area contributed by atoms with Crippen LogP contribution in [0.5, 0.6) is 0 Å². The average molecular weight is 347 g/mol. The summed E-state index contributed by atoms with van der Waals surface area (Å²) in [5.41, 5.74) is 0.0496. The summed E-state index contributed by atoms with van der Waals surface area (Å²) in [6.45, 7) is 0.166. The van der Waals surface area contributed by atoms with E-state index in [1.54, 1.807) is 18.2 Å². The lowest BCUT2D eigenvalue weighted by Crippen LogP contribution is -2.27. The van der Waals surface area contributed by atoms with Gasteiger partial charge < -0.3 is 9.30 Å². The van der Waals surface area contributed by atoms with E-state index in [1.807, 2.05) is 0 Å². The molecule has 0 unspecified atom stereocenters. The Hall–Kier alpha value is -1.49. The zero-order valence-electron chi connectivity index (χ0n) is 10.9. The largest absolute Gasteiger partial charge is 0.465 e. The maximum Gasteiger partial charge on any atom is 0.343 e. The predicted molar refractivity (Wildman–Crippen MR) is 82.6 cm³/mol. The van der Waals surface area contributed by atoms with Crippen molar-refractivity contribution in [3.63, 3.8) is 0 Å². The Bertz CT molecular complexity index is 756. The van der Waals surface area contributed by atoms with Crippen molar-refractivity contribution in [1.82, 2.24) is 4.57 Å². The van der Waals surface area contributed by atoms with E-state index in [0.29, 0.717) is 15.6 Å². The molecule has 1 heterocycles. The van der Waals surface area contributed by atoms with Crippen LogP contribution >= 0.6 is 34.8 Å². The van der Waals surface area contributed by atoms with Gasteiger partial charge in [-0.25, -0.2) is 4.79 Å². The van der Waals surface area contributed by atoms with Gasteiger partial charge in [-0.2, -0.15) is 0 Å². The molecule has 0 saturated heterocycles. The molecule has 0 aliphatic carbocycles. The van der Waals surface area contributed by atoms with E-state index < -0.39 is 11.5 Å². The molecular formula is C14H10Cl3NO3. The van der Waals surface area contributed by atoms with Crippen LogP contribution in [-0.2, 0) is 11.3 Å². The highest BCUT2D eigenvalue weighted by molar-refractivity contribution is 6.35. The Balaban J connectivity index is 2.47. The summed E-state index contributed by atoms with van der Waals surface area (Å²) in [7, 11) is 1.20. The molecule has 0 spiro atoms. The molecule has 0 N–H and O–H groups in total. The number of aromatic nitrogens is 1. The van der Waals surface area contributed by atoms with Crippen LogP contribution in [0.2, 0.25) is 15.1 Å². The molecule has 0 atom stereocenters. The molecule has 0 amide bonds. The molecule has 7 heteroatoms. The summed E-state index contributed by atoms with van der Waals surface area (Å²) in [4.78, 5) is 23.8. The minimum Gasteiger partial charge on any atom is -0.465 e. The van der Waals surface area contributed by atoms with E-state index in [4.69, 9.17) is 34.8 Å². The quantitative estimate of drug-likeness (QED) is 0.797. The molecule has 2 aromatic rings. The highest BCUT2D eigenvalue weighted by Gasteiger charge is 2.15. The number of ether oxygens (including phenoxy) is 1. The zero-order chi connectivity index (χ0) is 15.6. The molecular weight excluding hydrogens is 337 g/mol. The summed E-state index contributed by atoms with van der Waals surface area (Å²) < 4.78 is 5.86.